The van der Waals surface area contributed by atoms with E-state index in [1.54, 1.807) is 43.8 Å². The molecule has 0 saturated carbocycles. The summed E-state index contributed by atoms with van der Waals surface area (Å²) < 4.78 is 24.9. The summed E-state index contributed by atoms with van der Waals surface area (Å²) in [5.74, 6) is -0.387. The maximum atomic E-state index is 14.4. The van der Waals surface area contributed by atoms with Crippen LogP contribution >= 0.6 is 0 Å². The van der Waals surface area contributed by atoms with Crippen LogP contribution in [0.3, 0.4) is 0 Å². The number of ether oxygens (including phenoxy) is 1. The molecule has 0 aliphatic rings. The predicted octanol–water partition coefficient (Wildman–Crippen LogP) is 4.31. The average Bonchev–Trinajstić information content (AvgIpc) is 3.26. The fourth-order valence-electron chi connectivity index (χ4n) is 3.35. The Bertz CT molecular complexity index is 1550. The maximum Gasteiger partial charge on any atom is 0.417 e. The molecular weight excluding hydrogens is 471 g/mol. The molecule has 0 unspecified atom stereocenters. The molecule has 0 spiro atoms. The van der Waals surface area contributed by atoms with Crippen LogP contribution in [0.1, 0.15) is 0 Å². The van der Waals surface area contributed by atoms with Gasteiger partial charge in [-0.25, -0.2) is 14.2 Å². The summed E-state index contributed by atoms with van der Waals surface area (Å²) in [7, 11) is 1.59. The van der Waals surface area contributed by atoms with Crippen molar-refractivity contribution in [2.24, 2.45) is 0 Å². The summed E-state index contributed by atoms with van der Waals surface area (Å²) in [6.45, 7) is -0.250. The van der Waals surface area contributed by atoms with Crippen LogP contribution in [0, 0.1) is 5.82 Å². The number of carboxylic acid groups (broad SMARTS) is 1. The third kappa shape index (κ3) is 5.44. The number of hydrogen-bond donors (Lipinski definition) is 4. The summed E-state index contributed by atoms with van der Waals surface area (Å²) in [4.78, 5) is 34.5. The summed E-state index contributed by atoms with van der Waals surface area (Å²) in [5, 5.41) is 12.8. The molecule has 0 aliphatic heterocycles. The van der Waals surface area contributed by atoms with E-state index in [1.807, 2.05) is 24.3 Å². The lowest BCUT2D eigenvalue weighted by Gasteiger charge is -2.13. The Hall–Kier alpha value is -5.26. The number of aromatic amines is 1. The molecular formula is C24H19FN6O5. The van der Waals surface area contributed by atoms with Crippen LogP contribution in [0.25, 0.3) is 22.2 Å². The molecule has 36 heavy (non-hydrogen) atoms. The molecule has 0 bridgehead atoms. The molecule has 0 amide bonds. The lowest BCUT2D eigenvalue weighted by atomic mass is 10.1. The van der Waals surface area contributed by atoms with Gasteiger partial charge in [0.25, 0.3) is 6.47 Å². The largest absolute Gasteiger partial charge is 0.496 e. The quantitative estimate of drug-likeness (QED) is 0.253. The predicted molar refractivity (Wildman–Crippen MR) is 130 cm³/mol. The Morgan fingerprint density at radius 3 is 2.56 bits per heavy atom. The van der Waals surface area contributed by atoms with Crippen molar-refractivity contribution >= 4 is 40.7 Å². The number of H-pyrrole nitrogens is 1. The van der Waals surface area contributed by atoms with Crippen LogP contribution in [0.15, 0.2) is 76.3 Å². The molecule has 12 heteroatoms. The fourth-order valence-corrected chi connectivity index (χ4v) is 3.35. The Kier molecular flexibility index (Phi) is 7.15. The molecule has 3 heterocycles. The number of hydrogen-bond acceptors (Lipinski definition) is 9. The number of aromatic nitrogens is 4. The number of nitrogens with zero attached hydrogens (tertiary/aromatic N) is 3. The van der Waals surface area contributed by atoms with Crippen molar-refractivity contribution in [3.05, 3.63) is 83.5 Å². The second-order valence-corrected chi connectivity index (χ2v) is 7.12. The molecule has 5 aromatic rings. The zero-order chi connectivity index (χ0) is 25.5. The van der Waals surface area contributed by atoms with E-state index in [-0.39, 0.29) is 18.2 Å². The van der Waals surface area contributed by atoms with Gasteiger partial charge in [0.2, 0.25) is 5.95 Å². The third-order valence-corrected chi connectivity index (χ3v) is 4.87. The first-order valence-electron chi connectivity index (χ1n) is 10.4. The van der Waals surface area contributed by atoms with Gasteiger partial charge in [-0.1, -0.05) is 0 Å². The summed E-state index contributed by atoms with van der Waals surface area (Å²) >= 11 is 0. The number of benzene rings is 2. The van der Waals surface area contributed by atoms with Gasteiger partial charge in [-0.15, -0.1) is 0 Å². The lowest BCUT2D eigenvalue weighted by Crippen LogP contribution is -2.03. The first-order valence-corrected chi connectivity index (χ1v) is 10.4. The Morgan fingerprint density at radius 2 is 1.81 bits per heavy atom. The van der Waals surface area contributed by atoms with Crippen molar-refractivity contribution in [3.63, 3.8) is 0 Å². The molecule has 5 rings (SSSR count). The number of nitrogens with one attached hydrogen (secondary N) is 3. The number of rotatable bonds is 6. The van der Waals surface area contributed by atoms with E-state index in [0.29, 0.717) is 28.2 Å². The highest BCUT2D eigenvalue weighted by Crippen LogP contribution is 2.33. The molecule has 0 radical (unpaired) electrons. The van der Waals surface area contributed by atoms with Gasteiger partial charge in [-0.2, -0.15) is 4.98 Å². The molecule has 0 aliphatic carbocycles. The van der Waals surface area contributed by atoms with Crippen molar-refractivity contribution in [3.8, 4) is 16.9 Å². The van der Waals surface area contributed by atoms with Gasteiger partial charge < -0.3 is 24.9 Å². The fraction of sp³-hybridized carbons (Fsp3) is 0.0417. The number of anilines is 4. The van der Waals surface area contributed by atoms with Gasteiger partial charge in [0.1, 0.15) is 5.75 Å². The maximum absolute atomic E-state index is 14.4. The van der Waals surface area contributed by atoms with Crippen LogP contribution < -0.4 is 21.1 Å². The van der Waals surface area contributed by atoms with Gasteiger partial charge >= 0.3 is 5.76 Å². The molecule has 4 N–H and O–H groups in total. The Morgan fingerprint density at radius 1 is 1.08 bits per heavy atom. The van der Waals surface area contributed by atoms with Gasteiger partial charge in [0, 0.05) is 35.4 Å². The van der Waals surface area contributed by atoms with Crippen molar-refractivity contribution in [1.29, 1.82) is 0 Å². The normalized spacial score (nSPS) is 10.3. The number of methoxy groups -OCH3 is 1. The highest BCUT2D eigenvalue weighted by Gasteiger charge is 2.11. The van der Waals surface area contributed by atoms with Crippen LogP contribution in [-0.2, 0) is 4.79 Å². The highest BCUT2D eigenvalue weighted by molar-refractivity contribution is 5.78. The minimum atomic E-state index is -0.632. The monoisotopic (exact) mass is 490 g/mol. The lowest BCUT2D eigenvalue weighted by molar-refractivity contribution is -0.122. The van der Waals surface area contributed by atoms with E-state index in [1.165, 1.54) is 0 Å². The third-order valence-electron chi connectivity index (χ3n) is 4.87. The van der Waals surface area contributed by atoms with E-state index in [4.69, 9.17) is 19.1 Å². The van der Waals surface area contributed by atoms with Crippen LogP contribution in [0.4, 0.5) is 27.5 Å². The molecule has 182 valence electrons. The van der Waals surface area contributed by atoms with E-state index in [2.05, 4.69) is 30.6 Å². The van der Waals surface area contributed by atoms with Crippen LogP contribution in [0.5, 0.6) is 5.75 Å². The first kappa shape index (κ1) is 23.9. The van der Waals surface area contributed by atoms with Gasteiger partial charge in [-0.3, -0.25) is 14.8 Å². The number of halogens is 1. The van der Waals surface area contributed by atoms with Crippen LogP contribution in [0.2, 0.25) is 0 Å². The number of carbonyl (C=O) groups is 1. The SMILES string of the molecule is COc1cc(Nc2ncc(F)c(Nc3ccc4oc(=O)[nH]c4c3)n2)ccc1-c1ccncc1.O=CO. The minimum Gasteiger partial charge on any atom is -0.496 e. The minimum absolute atomic E-state index is 0.0296. The summed E-state index contributed by atoms with van der Waals surface area (Å²) in [6, 6.07) is 14.2. The van der Waals surface area contributed by atoms with E-state index in [0.717, 1.165) is 17.3 Å². The van der Waals surface area contributed by atoms with E-state index >= 15 is 0 Å². The van der Waals surface area contributed by atoms with Crippen molar-refractivity contribution in [1.82, 2.24) is 19.9 Å². The average molecular weight is 490 g/mol. The molecule has 0 atom stereocenters. The Balaban J connectivity index is 0.000000967. The standard InChI is InChI=1S/C23H17FN6O3.CH2O2/c1-32-20-11-15(2-4-16(20)13-6-8-25-9-7-13)28-22-26-12-17(24)21(30-22)27-14-3-5-19-18(10-14)29-23(31)33-19;2-1-3/h2-12H,1H3,(H,29,31)(H2,26,27,28,30);1H,(H,2,3). The first-order chi connectivity index (χ1) is 17.5. The molecule has 0 fully saturated rings. The van der Waals surface area contributed by atoms with E-state index in [9.17, 15) is 9.18 Å². The highest BCUT2D eigenvalue weighted by atomic mass is 19.1. The van der Waals surface area contributed by atoms with Gasteiger partial charge in [0.15, 0.2) is 17.2 Å². The van der Waals surface area contributed by atoms with Crippen molar-refractivity contribution in [2.45, 2.75) is 0 Å². The molecule has 0 saturated heterocycles. The zero-order valence-corrected chi connectivity index (χ0v) is 18.7. The second kappa shape index (κ2) is 10.8. The van der Waals surface area contributed by atoms with Crippen LogP contribution in [-0.4, -0.2) is 38.6 Å². The van der Waals surface area contributed by atoms with E-state index < -0.39 is 11.6 Å². The number of oxazole rings is 1. The van der Waals surface area contributed by atoms with Gasteiger partial charge in [-0.05, 0) is 48.0 Å². The van der Waals surface area contributed by atoms with Gasteiger partial charge in [0.05, 0.1) is 18.8 Å². The molecule has 3 aromatic heterocycles. The summed E-state index contributed by atoms with van der Waals surface area (Å²) in [6.07, 6.45) is 4.49. The Labute approximate surface area is 202 Å². The van der Waals surface area contributed by atoms with Crippen molar-refractivity contribution < 1.29 is 23.4 Å². The number of pyridine rings is 1. The summed E-state index contributed by atoms with van der Waals surface area (Å²) in [5.41, 5.74) is 3.94. The smallest absolute Gasteiger partial charge is 0.417 e. The number of fused-ring (bicyclic) bond motifs is 1. The van der Waals surface area contributed by atoms with Crippen molar-refractivity contribution in [2.75, 3.05) is 17.7 Å². The topological polar surface area (TPSA) is 155 Å². The molecule has 11 nitrogen and oxygen atoms in total. The second-order valence-electron chi connectivity index (χ2n) is 7.12. The zero-order valence-electron chi connectivity index (χ0n) is 18.7. The molecule has 2 aromatic carbocycles.